The molecule has 0 saturated heterocycles. The van der Waals surface area contributed by atoms with Crippen LogP contribution in [-0.2, 0) is 20.7 Å². The van der Waals surface area contributed by atoms with E-state index in [0.717, 1.165) is 18.4 Å². The van der Waals surface area contributed by atoms with Crippen molar-refractivity contribution in [1.82, 2.24) is 0 Å². The minimum atomic E-state index is -0.331. The van der Waals surface area contributed by atoms with E-state index in [-0.39, 0.29) is 11.9 Å². The van der Waals surface area contributed by atoms with Crippen molar-refractivity contribution < 1.29 is 19.1 Å². The zero-order valence-electron chi connectivity index (χ0n) is 10.1. The lowest BCUT2D eigenvalue weighted by molar-refractivity contribution is -0.141. The van der Waals surface area contributed by atoms with Crippen LogP contribution in [-0.4, -0.2) is 18.5 Å². The highest BCUT2D eigenvalue weighted by atomic mass is 16.5. The predicted octanol–water partition coefficient (Wildman–Crippen LogP) is 2.11. The van der Waals surface area contributed by atoms with Crippen molar-refractivity contribution in [2.24, 2.45) is 0 Å². The fourth-order valence-electron chi connectivity index (χ4n) is 1.42. The minimum absolute atomic E-state index is 0.265. The Labute approximate surface area is 101 Å². The van der Waals surface area contributed by atoms with Gasteiger partial charge in [0.1, 0.15) is 5.75 Å². The monoisotopic (exact) mass is 236 g/mol. The molecule has 1 aromatic carbocycles. The third-order valence-electron chi connectivity index (χ3n) is 2.08. The molecule has 0 amide bonds. The highest BCUT2D eigenvalue weighted by Gasteiger charge is 2.00. The van der Waals surface area contributed by atoms with Gasteiger partial charge >= 0.3 is 11.9 Å². The normalized spacial score (nSPS) is 9.76. The lowest BCUT2D eigenvalue weighted by Gasteiger charge is -2.05. The Hall–Kier alpha value is -1.84. The largest absolute Gasteiger partial charge is 0.466 e. The van der Waals surface area contributed by atoms with Gasteiger partial charge in [-0.25, -0.2) is 0 Å². The van der Waals surface area contributed by atoms with Crippen LogP contribution in [0.5, 0.6) is 5.75 Å². The first-order chi connectivity index (χ1) is 8.08. The summed E-state index contributed by atoms with van der Waals surface area (Å²) in [5.41, 5.74) is 1.05. The predicted molar refractivity (Wildman–Crippen MR) is 62.7 cm³/mol. The summed E-state index contributed by atoms with van der Waals surface area (Å²) in [5.74, 6) is -0.0526. The van der Waals surface area contributed by atoms with E-state index >= 15 is 0 Å². The maximum absolute atomic E-state index is 10.8. The summed E-state index contributed by atoms with van der Waals surface area (Å²) in [4.78, 5) is 21.3. The lowest BCUT2D eigenvalue weighted by Crippen LogP contribution is -2.03. The second kappa shape index (κ2) is 6.68. The number of ether oxygens (including phenoxy) is 2. The maximum Gasteiger partial charge on any atom is 0.308 e. The van der Waals surface area contributed by atoms with E-state index in [0.29, 0.717) is 12.4 Å². The second-order valence-corrected chi connectivity index (χ2v) is 3.68. The summed E-state index contributed by atoms with van der Waals surface area (Å²) in [6, 6.07) is 7.33. The molecule has 0 N–H and O–H groups in total. The first-order valence-electron chi connectivity index (χ1n) is 5.48. The smallest absolute Gasteiger partial charge is 0.308 e. The highest BCUT2D eigenvalue weighted by molar-refractivity contribution is 5.69. The second-order valence-electron chi connectivity index (χ2n) is 3.68. The van der Waals surface area contributed by atoms with Gasteiger partial charge in [-0.05, 0) is 30.5 Å². The van der Waals surface area contributed by atoms with E-state index in [1.807, 2.05) is 18.2 Å². The van der Waals surface area contributed by atoms with E-state index in [9.17, 15) is 9.59 Å². The molecule has 4 heteroatoms. The van der Waals surface area contributed by atoms with Crippen molar-refractivity contribution in [2.45, 2.75) is 26.7 Å². The number of rotatable bonds is 5. The molecule has 0 aliphatic carbocycles. The summed E-state index contributed by atoms with van der Waals surface area (Å²) in [6.07, 6.45) is 1.53. The minimum Gasteiger partial charge on any atom is -0.466 e. The molecule has 0 radical (unpaired) electrons. The van der Waals surface area contributed by atoms with Crippen LogP contribution in [0.3, 0.4) is 0 Å². The van der Waals surface area contributed by atoms with E-state index in [1.54, 1.807) is 6.07 Å². The first kappa shape index (κ1) is 13.2. The molecule has 92 valence electrons. The van der Waals surface area contributed by atoms with Crippen molar-refractivity contribution in [3.8, 4) is 5.75 Å². The van der Waals surface area contributed by atoms with Crippen LogP contribution in [0.25, 0.3) is 0 Å². The van der Waals surface area contributed by atoms with Crippen molar-refractivity contribution in [2.75, 3.05) is 6.61 Å². The van der Waals surface area contributed by atoms with Gasteiger partial charge in [-0.1, -0.05) is 12.1 Å². The maximum atomic E-state index is 10.8. The number of esters is 2. The van der Waals surface area contributed by atoms with Crippen LogP contribution >= 0.6 is 0 Å². The van der Waals surface area contributed by atoms with Crippen LogP contribution in [0, 0.1) is 0 Å². The van der Waals surface area contributed by atoms with Crippen LogP contribution < -0.4 is 4.74 Å². The van der Waals surface area contributed by atoms with Gasteiger partial charge in [0.15, 0.2) is 0 Å². The topological polar surface area (TPSA) is 52.6 Å². The molecule has 0 bridgehead atoms. The van der Waals surface area contributed by atoms with Crippen molar-refractivity contribution in [1.29, 1.82) is 0 Å². The molecule has 1 rings (SSSR count). The quantitative estimate of drug-likeness (QED) is 0.446. The Kier molecular flexibility index (Phi) is 5.20. The summed E-state index contributed by atoms with van der Waals surface area (Å²) in [5, 5.41) is 0. The van der Waals surface area contributed by atoms with Gasteiger partial charge in [0.05, 0.1) is 6.61 Å². The fourth-order valence-corrected chi connectivity index (χ4v) is 1.42. The van der Waals surface area contributed by atoms with Gasteiger partial charge < -0.3 is 9.47 Å². The van der Waals surface area contributed by atoms with Crippen molar-refractivity contribution >= 4 is 11.9 Å². The highest BCUT2D eigenvalue weighted by Crippen LogP contribution is 2.14. The Morgan fingerprint density at radius 1 is 1.18 bits per heavy atom. The Balaban J connectivity index is 2.42. The number of hydrogen-bond acceptors (Lipinski definition) is 4. The molecule has 0 fully saturated rings. The Bertz CT molecular complexity index is 398. The first-order valence-corrected chi connectivity index (χ1v) is 5.48. The fraction of sp³-hybridized carbons (Fsp3) is 0.385. The molecular formula is C13H16O4. The van der Waals surface area contributed by atoms with E-state index in [4.69, 9.17) is 9.47 Å². The molecule has 4 nitrogen and oxygen atoms in total. The van der Waals surface area contributed by atoms with Gasteiger partial charge in [-0.15, -0.1) is 0 Å². The van der Waals surface area contributed by atoms with Crippen molar-refractivity contribution in [3.63, 3.8) is 0 Å². The molecule has 0 unspecified atom stereocenters. The molecule has 0 heterocycles. The van der Waals surface area contributed by atoms with Gasteiger partial charge in [-0.3, -0.25) is 9.59 Å². The molecule has 1 aromatic rings. The van der Waals surface area contributed by atoms with Crippen molar-refractivity contribution in [3.05, 3.63) is 29.8 Å². The van der Waals surface area contributed by atoms with Crippen LogP contribution in [0.15, 0.2) is 24.3 Å². The molecule has 0 aromatic heterocycles. The van der Waals surface area contributed by atoms with Gasteiger partial charge in [0.2, 0.25) is 0 Å². The molecule has 0 saturated carbocycles. The van der Waals surface area contributed by atoms with E-state index in [2.05, 4.69) is 0 Å². The molecular weight excluding hydrogens is 220 g/mol. The standard InChI is InChI=1S/C13H16O4/c1-10(14)16-8-4-6-12-5-3-7-13(9-12)17-11(2)15/h3,5,7,9H,4,6,8H2,1-2H3. The van der Waals surface area contributed by atoms with Gasteiger partial charge in [0, 0.05) is 13.8 Å². The zero-order chi connectivity index (χ0) is 12.7. The molecule has 17 heavy (non-hydrogen) atoms. The summed E-state index contributed by atoms with van der Waals surface area (Å²) < 4.78 is 9.81. The number of carbonyl (C=O) groups is 2. The lowest BCUT2D eigenvalue weighted by atomic mass is 10.1. The van der Waals surface area contributed by atoms with Crippen LogP contribution in [0.4, 0.5) is 0 Å². The summed E-state index contributed by atoms with van der Waals surface area (Å²) in [7, 11) is 0. The van der Waals surface area contributed by atoms with Crippen LogP contribution in [0.1, 0.15) is 25.8 Å². The van der Waals surface area contributed by atoms with Gasteiger partial charge in [0.25, 0.3) is 0 Å². The van der Waals surface area contributed by atoms with E-state index < -0.39 is 0 Å². The third-order valence-corrected chi connectivity index (χ3v) is 2.08. The number of carbonyl (C=O) groups excluding carboxylic acids is 2. The summed E-state index contributed by atoms with van der Waals surface area (Å²) in [6.45, 7) is 3.17. The number of aryl methyl sites for hydroxylation is 1. The molecule has 0 aliphatic rings. The third kappa shape index (κ3) is 5.70. The Morgan fingerprint density at radius 2 is 1.94 bits per heavy atom. The van der Waals surface area contributed by atoms with Crippen LogP contribution in [0.2, 0.25) is 0 Å². The average molecular weight is 236 g/mol. The molecule has 0 aliphatic heterocycles. The molecule has 0 spiro atoms. The Morgan fingerprint density at radius 3 is 2.59 bits per heavy atom. The zero-order valence-corrected chi connectivity index (χ0v) is 10.1. The number of benzene rings is 1. The average Bonchev–Trinajstić information content (AvgIpc) is 2.24. The van der Waals surface area contributed by atoms with E-state index in [1.165, 1.54) is 13.8 Å². The molecule has 0 atom stereocenters. The SMILES string of the molecule is CC(=O)OCCCc1cccc(OC(C)=O)c1. The van der Waals surface area contributed by atoms with Gasteiger partial charge in [-0.2, -0.15) is 0 Å². The summed E-state index contributed by atoms with van der Waals surface area (Å²) >= 11 is 0. The number of hydrogen-bond donors (Lipinski definition) is 0.